The standard InChI is InChI=1S/C29H37F2N5O2.CH4/c1-4-5-8-11-32-28(37)18-35(19-29(38)34(3)24-13-21-9-6-7-10-22(21)14-24)25-15-23-16-33-36(17-27(30)31)26(23)12-20(25)2;/h6-7,9-10,12,15-16,24,27H,4-5,8,11,13-14,17-19H2,1-3H3,(H,32,37);1H4. The molecule has 1 aliphatic carbocycles. The minimum atomic E-state index is -2.51. The second-order valence-electron chi connectivity index (χ2n) is 10.2. The highest BCUT2D eigenvalue weighted by Crippen LogP contribution is 2.28. The number of nitrogens with one attached hydrogen (secondary N) is 1. The Labute approximate surface area is 230 Å². The van der Waals surface area contributed by atoms with E-state index in [2.05, 4.69) is 29.5 Å². The van der Waals surface area contributed by atoms with Gasteiger partial charge in [-0.3, -0.25) is 14.3 Å². The van der Waals surface area contributed by atoms with Crippen molar-refractivity contribution in [1.29, 1.82) is 0 Å². The quantitative estimate of drug-likeness (QED) is 0.328. The van der Waals surface area contributed by atoms with Gasteiger partial charge in [0, 0.05) is 30.7 Å². The zero-order valence-corrected chi connectivity index (χ0v) is 22.4. The molecular weight excluding hydrogens is 500 g/mol. The molecule has 0 saturated carbocycles. The highest BCUT2D eigenvalue weighted by atomic mass is 19.3. The van der Waals surface area contributed by atoms with E-state index in [0.717, 1.165) is 37.7 Å². The van der Waals surface area contributed by atoms with E-state index in [0.29, 0.717) is 23.1 Å². The minimum Gasteiger partial charge on any atom is -0.355 e. The van der Waals surface area contributed by atoms with Crippen molar-refractivity contribution in [3.05, 3.63) is 59.3 Å². The average molecular weight is 542 g/mol. The Morgan fingerprint density at radius 2 is 1.82 bits per heavy atom. The maximum atomic E-state index is 13.5. The van der Waals surface area contributed by atoms with Gasteiger partial charge in [0.05, 0.1) is 24.8 Å². The van der Waals surface area contributed by atoms with Crippen LogP contribution in [0.25, 0.3) is 10.9 Å². The first-order valence-electron chi connectivity index (χ1n) is 13.3. The number of carbonyl (C=O) groups is 2. The van der Waals surface area contributed by atoms with Crippen LogP contribution < -0.4 is 10.2 Å². The summed E-state index contributed by atoms with van der Waals surface area (Å²) in [7, 11) is 1.83. The van der Waals surface area contributed by atoms with Crippen molar-refractivity contribution in [3.63, 3.8) is 0 Å². The van der Waals surface area contributed by atoms with Crippen LogP contribution in [0.5, 0.6) is 0 Å². The molecule has 0 atom stereocenters. The first kappa shape index (κ1) is 30.1. The zero-order chi connectivity index (χ0) is 27.2. The Bertz CT molecular complexity index is 1250. The Hall–Kier alpha value is -3.49. The zero-order valence-electron chi connectivity index (χ0n) is 22.4. The second-order valence-corrected chi connectivity index (χ2v) is 10.2. The SMILES string of the molecule is C.CCCCCNC(=O)CN(CC(=O)N(C)C1Cc2ccccc2C1)c1cc2cnn(CC(F)F)c2cc1C. The molecule has 7 nitrogen and oxygen atoms in total. The third-order valence-corrected chi connectivity index (χ3v) is 7.34. The molecule has 1 aliphatic rings. The van der Waals surface area contributed by atoms with Crippen LogP contribution in [0.2, 0.25) is 0 Å². The molecule has 0 fully saturated rings. The number of alkyl halides is 2. The van der Waals surface area contributed by atoms with Gasteiger partial charge in [0.2, 0.25) is 11.8 Å². The van der Waals surface area contributed by atoms with Crippen LogP contribution in [-0.4, -0.2) is 65.6 Å². The van der Waals surface area contributed by atoms with Crippen molar-refractivity contribution in [3.8, 4) is 0 Å². The molecule has 0 radical (unpaired) electrons. The molecule has 1 aromatic heterocycles. The summed E-state index contributed by atoms with van der Waals surface area (Å²) in [6.45, 7) is 4.13. The maximum Gasteiger partial charge on any atom is 0.257 e. The number of aromatic nitrogens is 2. The Morgan fingerprint density at radius 3 is 2.46 bits per heavy atom. The number of rotatable bonds is 12. The summed E-state index contributed by atoms with van der Waals surface area (Å²) in [6.07, 6.45) is 3.66. The number of hydrogen-bond donors (Lipinski definition) is 1. The van der Waals surface area contributed by atoms with Gasteiger partial charge in [-0.25, -0.2) is 8.78 Å². The van der Waals surface area contributed by atoms with Crippen LogP contribution in [0.3, 0.4) is 0 Å². The molecule has 1 heterocycles. The van der Waals surface area contributed by atoms with Gasteiger partial charge >= 0.3 is 0 Å². The summed E-state index contributed by atoms with van der Waals surface area (Å²) < 4.78 is 27.3. The van der Waals surface area contributed by atoms with Gasteiger partial charge in [-0.15, -0.1) is 0 Å². The monoisotopic (exact) mass is 541 g/mol. The number of halogens is 2. The number of anilines is 1. The van der Waals surface area contributed by atoms with Gasteiger partial charge < -0.3 is 15.1 Å². The van der Waals surface area contributed by atoms with Crippen molar-refractivity contribution in [2.75, 3.05) is 31.6 Å². The Balaban J connectivity index is 0.00000420. The summed E-state index contributed by atoms with van der Waals surface area (Å²) in [6, 6.07) is 12.0. The molecule has 0 aliphatic heterocycles. The van der Waals surface area contributed by atoms with Crippen molar-refractivity contribution < 1.29 is 18.4 Å². The van der Waals surface area contributed by atoms with E-state index in [-0.39, 0.29) is 38.4 Å². The smallest absolute Gasteiger partial charge is 0.257 e. The number of benzene rings is 2. The number of amides is 2. The summed E-state index contributed by atoms with van der Waals surface area (Å²) >= 11 is 0. The molecule has 1 N–H and O–H groups in total. The van der Waals surface area contributed by atoms with Crippen LogP contribution in [0.15, 0.2) is 42.6 Å². The van der Waals surface area contributed by atoms with Gasteiger partial charge in [-0.2, -0.15) is 5.10 Å². The molecule has 9 heteroatoms. The average Bonchev–Trinajstić information content (AvgIpc) is 3.49. The number of likely N-dealkylation sites (N-methyl/N-ethyl adjacent to an activating group) is 1. The summed E-state index contributed by atoms with van der Waals surface area (Å²) in [5.41, 5.74) is 4.64. The lowest BCUT2D eigenvalue weighted by Crippen LogP contribution is -2.47. The number of unbranched alkanes of at least 4 members (excludes halogenated alkanes) is 2. The van der Waals surface area contributed by atoms with E-state index in [4.69, 9.17) is 0 Å². The molecule has 212 valence electrons. The third kappa shape index (κ3) is 7.34. The highest BCUT2D eigenvalue weighted by molar-refractivity contribution is 5.90. The van der Waals surface area contributed by atoms with Crippen LogP contribution >= 0.6 is 0 Å². The second kappa shape index (κ2) is 13.5. The lowest BCUT2D eigenvalue weighted by atomic mass is 10.1. The van der Waals surface area contributed by atoms with Gasteiger partial charge in [0.25, 0.3) is 6.43 Å². The minimum absolute atomic E-state index is 0. The molecular formula is C30H41F2N5O2. The van der Waals surface area contributed by atoms with Gasteiger partial charge in [-0.05, 0) is 55.0 Å². The molecule has 2 aromatic carbocycles. The van der Waals surface area contributed by atoms with E-state index in [1.807, 2.05) is 32.2 Å². The molecule has 0 bridgehead atoms. The number of hydrogen-bond acceptors (Lipinski definition) is 4. The molecule has 2 amide bonds. The van der Waals surface area contributed by atoms with Crippen molar-refractivity contribution in [1.82, 2.24) is 20.0 Å². The van der Waals surface area contributed by atoms with Crippen molar-refractivity contribution >= 4 is 28.4 Å². The summed E-state index contributed by atoms with van der Waals surface area (Å²) in [5, 5.41) is 7.77. The van der Waals surface area contributed by atoms with Gasteiger partial charge in [0.1, 0.15) is 6.54 Å². The number of fused-ring (bicyclic) bond motifs is 2. The van der Waals surface area contributed by atoms with Crippen LogP contribution in [0, 0.1) is 6.92 Å². The lowest BCUT2D eigenvalue weighted by Gasteiger charge is -2.30. The van der Waals surface area contributed by atoms with Crippen molar-refractivity contribution in [2.24, 2.45) is 0 Å². The fraction of sp³-hybridized carbons (Fsp3) is 0.500. The van der Waals surface area contributed by atoms with Crippen LogP contribution in [0.1, 0.15) is 50.3 Å². The van der Waals surface area contributed by atoms with Crippen LogP contribution in [-0.2, 0) is 29.0 Å². The molecule has 4 rings (SSSR count). The summed E-state index contributed by atoms with van der Waals surface area (Å²) in [5.74, 6) is -0.229. The predicted molar refractivity (Wildman–Crippen MR) is 152 cm³/mol. The molecule has 3 aromatic rings. The van der Waals surface area contributed by atoms with Gasteiger partial charge in [-0.1, -0.05) is 51.5 Å². The number of aryl methyl sites for hydroxylation is 1. The van der Waals surface area contributed by atoms with E-state index in [1.165, 1.54) is 15.8 Å². The molecule has 0 saturated heterocycles. The Kier molecular flexibility index (Phi) is 10.4. The normalized spacial score (nSPS) is 12.9. The molecule has 0 spiro atoms. The number of carbonyl (C=O) groups excluding carboxylic acids is 2. The van der Waals surface area contributed by atoms with E-state index in [1.54, 1.807) is 22.1 Å². The maximum absolute atomic E-state index is 13.5. The fourth-order valence-electron chi connectivity index (χ4n) is 5.18. The lowest BCUT2D eigenvalue weighted by molar-refractivity contribution is -0.130. The topological polar surface area (TPSA) is 70.5 Å². The molecule has 39 heavy (non-hydrogen) atoms. The van der Waals surface area contributed by atoms with E-state index in [9.17, 15) is 18.4 Å². The molecule has 0 unspecified atom stereocenters. The number of nitrogens with zero attached hydrogens (tertiary/aromatic N) is 4. The first-order chi connectivity index (χ1) is 18.3. The summed E-state index contributed by atoms with van der Waals surface area (Å²) in [4.78, 5) is 29.9. The predicted octanol–water partition coefficient (Wildman–Crippen LogP) is 4.98. The largest absolute Gasteiger partial charge is 0.355 e. The highest BCUT2D eigenvalue weighted by Gasteiger charge is 2.29. The van der Waals surface area contributed by atoms with E-state index >= 15 is 0 Å². The van der Waals surface area contributed by atoms with Gasteiger partial charge in [0.15, 0.2) is 0 Å². The third-order valence-electron chi connectivity index (χ3n) is 7.34. The van der Waals surface area contributed by atoms with Crippen molar-refractivity contribution in [2.45, 2.75) is 72.4 Å². The fourth-order valence-corrected chi connectivity index (χ4v) is 5.18. The van der Waals surface area contributed by atoms with E-state index < -0.39 is 13.0 Å². The first-order valence-corrected chi connectivity index (χ1v) is 13.3. The Morgan fingerprint density at radius 1 is 1.13 bits per heavy atom. The van der Waals surface area contributed by atoms with Crippen LogP contribution in [0.4, 0.5) is 14.5 Å².